The number of benzene rings is 6. The van der Waals surface area contributed by atoms with E-state index in [0.717, 1.165) is 25.0 Å². The Hall–Kier alpha value is -4.43. The van der Waals surface area contributed by atoms with Gasteiger partial charge in [-0.25, -0.2) is 0 Å². The first-order valence-corrected chi connectivity index (χ1v) is 13.9. The summed E-state index contributed by atoms with van der Waals surface area (Å²) < 4.78 is 0. The van der Waals surface area contributed by atoms with E-state index in [0.29, 0.717) is 0 Å². The standard InChI is InChI=1S/C37H29NO/c1-39-38-32-17-8-9-22-36(32)35-28(24-37(36,29-13-4-2-5-14-29)30-15-6-3-7-16-30)23-27-19-18-25-11-10-12-26-20-21-31(35)34(27)33(25)26/h2-7,9-16,18-23H,8,17,24H2,1H3. The number of allylic oxidation sites excluding steroid dienone is 2. The van der Waals surface area contributed by atoms with Crippen molar-refractivity contribution >= 4 is 38.0 Å². The maximum atomic E-state index is 5.63. The molecule has 0 amide bonds. The van der Waals surface area contributed by atoms with Crippen LogP contribution in [0.3, 0.4) is 0 Å². The second-order valence-electron chi connectivity index (χ2n) is 11.1. The topological polar surface area (TPSA) is 21.6 Å². The Bertz CT molecular complexity index is 1860. The average Bonchev–Trinajstić information content (AvgIpc) is 3.29. The molecule has 1 spiro atoms. The largest absolute Gasteiger partial charge is 0.399 e. The minimum atomic E-state index is -0.485. The Morgan fingerprint density at radius 2 is 1.36 bits per heavy atom. The van der Waals surface area contributed by atoms with E-state index in [4.69, 9.17) is 9.99 Å². The molecule has 2 heteroatoms. The lowest BCUT2D eigenvalue weighted by molar-refractivity contribution is 0.207. The molecular formula is C37H29NO. The Morgan fingerprint density at radius 1 is 0.692 bits per heavy atom. The second kappa shape index (κ2) is 8.28. The second-order valence-corrected chi connectivity index (χ2v) is 11.1. The zero-order chi connectivity index (χ0) is 26.0. The molecule has 1 unspecified atom stereocenters. The van der Waals surface area contributed by atoms with Gasteiger partial charge in [0.2, 0.25) is 0 Å². The van der Waals surface area contributed by atoms with Crippen LogP contribution in [0, 0.1) is 0 Å². The maximum absolute atomic E-state index is 5.63. The predicted octanol–water partition coefficient (Wildman–Crippen LogP) is 8.72. The SMILES string of the molecule is CON=C1CCC=CC12c1c(cc3ccc4cccc5ccc1c3c45)CC2(c1ccccc1)c1ccccc1. The molecule has 0 aromatic heterocycles. The van der Waals surface area contributed by atoms with Crippen LogP contribution in [0.1, 0.15) is 35.1 Å². The van der Waals surface area contributed by atoms with Crippen molar-refractivity contribution in [3.63, 3.8) is 0 Å². The fourth-order valence-corrected chi connectivity index (χ4v) is 8.00. The summed E-state index contributed by atoms with van der Waals surface area (Å²) in [7, 11) is 1.69. The maximum Gasteiger partial charge on any atom is 0.106 e. The fourth-order valence-electron chi connectivity index (χ4n) is 8.00. The summed E-state index contributed by atoms with van der Waals surface area (Å²) in [5, 5.41) is 12.8. The van der Waals surface area contributed by atoms with Crippen LogP contribution in [0.5, 0.6) is 0 Å². The molecule has 0 aliphatic heterocycles. The number of hydrogen-bond acceptors (Lipinski definition) is 2. The van der Waals surface area contributed by atoms with Gasteiger partial charge in [0.15, 0.2) is 0 Å². The zero-order valence-electron chi connectivity index (χ0n) is 22.0. The van der Waals surface area contributed by atoms with E-state index in [9.17, 15) is 0 Å². The Morgan fingerprint density at radius 3 is 2.05 bits per heavy atom. The number of nitrogens with zero attached hydrogens (tertiary/aromatic N) is 1. The summed E-state index contributed by atoms with van der Waals surface area (Å²) in [5.74, 6) is 0. The average molecular weight is 504 g/mol. The monoisotopic (exact) mass is 503 g/mol. The molecule has 0 bridgehead atoms. The van der Waals surface area contributed by atoms with Crippen molar-refractivity contribution in [2.75, 3.05) is 7.11 Å². The van der Waals surface area contributed by atoms with Gasteiger partial charge in [-0.3, -0.25) is 0 Å². The van der Waals surface area contributed by atoms with Gasteiger partial charge >= 0.3 is 0 Å². The third-order valence-corrected chi connectivity index (χ3v) is 9.36. The lowest BCUT2D eigenvalue weighted by atomic mass is 9.53. The minimum Gasteiger partial charge on any atom is -0.399 e. The molecule has 2 aliphatic rings. The molecule has 2 aliphatic carbocycles. The Labute approximate surface area is 228 Å². The molecule has 6 aromatic carbocycles. The van der Waals surface area contributed by atoms with Crippen LogP contribution in [-0.4, -0.2) is 12.8 Å². The number of oxime groups is 1. The van der Waals surface area contributed by atoms with E-state index < -0.39 is 5.41 Å². The molecule has 0 heterocycles. The van der Waals surface area contributed by atoms with E-state index in [1.807, 2.05) is 0 Å². The molecule has 39 heavy (non-hydrogen) atoms. The molecule has 0 N–H and O–H groups in total. The predicted molar refractivity (Wildman–Crippen MR) is 162 cm³/mol. The van der Waals surface area contributed by atoms with Gasteiger partial charge in [-0.2, -0.15) is 0 Å². The number of rotatable bonds is 3. The van der Waals surface area contributed by atoms with Crippen LogP contribution in [-0.2, 0) is 22.1 Å². The zero-order valence-corrected chi connectivity index (χ0v) is 22.0. The van der Waals surface area contributed by atoms with Crippen molar-refractivity contribution in [3.8, 4) is 0 Å². The lowest BCUT2D eigenvalue weighted by Crippen LogP contribution is -2.52. The highest BCUT2D eigenvalue weighted by Crippen LogP contribution is 2.62. The first-order chi connectivity index (χ1) is 19.3. The molecule has 8 rings (SSSR count). The van der Waals surface area contributed by atoms with E-state index in [2.05, 4.69) is 121 Å². The van der Waals surface area contributed by atoms with Crippen molar-refractivity contribution in [2.24, 2.45) is 5.16 Å². The van der Waals surface area contributed by atoms with E-state index in [-0.39, 0.29) is 5.41 Å². The van der Waals surface area contributed by atoms with Crippen LogP contribution in [0.15, 0.2) is 127 Å². The molecule has 0 radical (unpaired) electrons. The summed E-state index contributed by atoms with van der Waals surface area (Å²) in [6, 6.07) is 40.5. The van der Waals surface area contributed by atoms with Crippen LogP contribution in [0.2, 0.25) is 0 Å². The molecule has 6 aromatic rings. The van der Waals surface area contributed by atoms with Crippen molar-refractivity contribution in [1.82, 2.24) is 0 Å². The Balaban J connectivity index is 1.60. The molecule has 2 nitrogen and oxygen atoms in total. The normalized spacial score (nSPS) is 20.9. The third-order valence-electron chi connectivity index (χ3n) is 9.36. The van der Waals surface area contributed by atoms with Crippen molar-refractivity contribution in [2.45, 2.75) is 30.1 Å². The number of hydrogen-bond donors (Lipinski definition) is 0. The highest BCUT2D eigenvalue weighted by Gasteiger charge is 2.62. The van der Waals surface area contributed by atoms with Gasteiger partial charge in [-0.05, 0) is 73.8 Å². The molecule has 188 valence electrons. The highest BCUT2D eigenvalue weighted by molar-refractivity contribution is 6.25. The molecule has 0 saturated heterocycles. The minimum absolute atomic E-state index is 0.371. The van der Waals surface area contributed by atoms with Crippen molar-refractivity contribution < 1.29 is 4.84 Å². The fraction of sp³-hybridized carbons (Fsp3) is 0.162. The van der Waals surface area contributed by atoms with Gasteiger partial charge < -0.3 is 4.84 Å². The van der Waals surface area contributed by atoms with Crippen LogP contribution < -0.4 is 0 Å². The molecule has 1 atom stereocenters. The molecule has 0 saturated carbocycles. The van der Waals surface area contributed by atoms with Gasteiger partial charge in [0.05, 0.1) is 11.1 Å². The quantitative estimate of drug-likeness (QED) is 0.134. The van der Waals surface area contributed by atoms with Gasteiger partial charge in [-0.1, -0.05) is 127 Å². The van der Waals surface area contributed by atoms with Gasteiger partial charge in [-0.15, -0.1) is 0 Å². The molecular weight excluding hydrogens is 474 g/mol. The first-order valence-electron chi connectivity index (χ1n) is 13.9. The van der Waals surface area contributed by atoms with Crippen molar-refractivity contribution in [1.29, 1.82) is 0 Å². The smallest absolute Gasteiger partial charge is 0.106 e. The summed E-state index contributed by atoms with van der Waals surface area (Å²) in [4.78, 5) is 5.63. The van der Waals surface area contributed by atoms with Crippen LogP contribution in [0.25, 0.3) is 32.3 Å². The Kier molecular flexibility index (Phi) is 4.79. The van der Waals surface area contributed by atoms with Crippen LogP contribution in [0.4, 0.5) is 0 Å². The summed E-state index contributed by atoms with van der Waals surface area (Å²) >= 11 is 0. The summed E-state index contributed by atoms with van der Waals surface area (Å²) in [6.07, 6.45) is 7.57. The van der Waals surface area contributed by atoms with E-state index >= 15 is 0 Å². The van der Waals surface area contributed by atoms with E-state index in [1.165, 1.54) is 54.6 Å². The van der Waals surface area contributed by atoms with Gasteiger partial charge in [0.1, 0.15) is 7.11 Å². The van der Waals surface area contributed by atoms with E-state index in [1.54, 1.807) is 7.11 Å². The number of fused-ring (bicyclic) bond motifs is 3. The molecule has 0 fully saturated rings. The third kappa shape index (κ3) is 2.84. The van der Waals surface area contributed by atoms with Gasteiger partial charge in [0, 0.05) is 5.41 Å². The summed E-state index contributed by atoms with van der Waals surface area (Å²) in [6.45, 7) is 0. The highest BCUT2D eigenvalue weighted by atomic mass is 16.6. The van der Waals surface area contributed by atoms with Crippen molar-refractivity contribution in [3.05, 3.63) is 144 Å². The first kappa shape index (κ1) is 22.5. The van der Waals surface area contributed by atoms with Crippen LogP contribution >= 0.6 is 0 Å². The summed E-state index contributed by atoms with van der Waals surface area (Å²) in [5.41, 5.74) is 5.64. The van der Waals surface area contributed by atoms with Gasteiger partial charge in [0.25, 0.3) is 0 Å². The lowest BCUT2D eigenvalue weighted by Gasteiger charge is -2.48.